The van der Waals surface area contributed by atoms with E-state index in [4.69, 9.17) is 16.0 Å². The van der Waals surface area contributed by atoms with Crippen molar-refractivity contribution in [3.05, 3.63) is 76.5 Å². The van der Waals surface area contributed by atoms with Crippen LogP contribution >= 0.6 is 11.6 Å². The number of carbonyl (C=O) groups excluding carboxylic acids is 1. The molecule has 3 N–H and O–H groups in total. The second-order valence-electron chi connectivity index (χ2n) is 8.32. The Morgan fingerprint density at radius 1 is 1.19 bits per heavy atom. The van der Waals surface area contributed by atoms with Crippen LogP contribution in [0, 0.1) is 5.82 Å². The van der Waals surface area contributed by atoms with Crippen molar-refractivity contribution < 1.29 is 13.6 Å². The maximum atomic E-state index is 13.1. The first-order chi connectivity index (χ1) is 14.9. The molecule has 1 saturated carbocycles. The van der Waals surface area contributed by atoms with Gasteiger partial charge in [-0.3, -0.25) is 4.79 Å². The summed E-state index contributed by atoms with van der Waals surface area (Å²) in [5.74, 6) is 0.302. The molecule has 1 aliphatic heterocycles. The van der Waals surface area contributed by atoms with E-state index in [1.807, 2.05) is 6.07 Å². The van der Waals surface area contributed by atoms with Gasteiger partial charge in [0, 0.05) is 17.5 Å². The van der Waals surface area contributed by atoms with Gasteiger partial charge < -0.3 is 20.4 Å². The summed E-state index contributed by atoms with van der Waals surface area (Å²) in [4.78, 5) is 12.8. The lowest BCUT2D eigenvalue weighted by molar-refractivity contribution is 0.0925. The van der Waals surface area contributed by atoms with Gasteiger partial charge in [-0.05, 0) is 42.7 Å². The molecule has 0 atom stereocenters. The first kappa shape index (κ1) is 19.9. The third kappa shape index (κ3) is 3.55. The lowest BCUT2D eigenvalue weighted by atomic mass is 9.74. The van der Waals surface area contributed by atoms with Gasteiger partial charge in [-0.1, -0.05) is 49.6 Å². The Labute approximate surface area is 184 Å². The number of halogens is 2. The molecule has 1 spiro atoms. The fourth-order valence-corrected chi connectivity index (χ4v) is 5.03. The Morgan fingerprint density at radius 3 is 2.68 bits per heavy atom. The summed E-state index contributed by atoms with van der Waals surface area (Å²) < 4.78 is 19.2. The highest BCUT2D eigenvalue weighted by Crippen LogP contribution is 2.49. The van der Waals surface area contributed by atoms with Crippen LogP contribution in [-0.4, -0.2) is 5.91 Å². The summed E-state index contributed by atoms with van der Waals surface area (Å²) in [6, 6.07) is 9.56. The molecule has 2 aliphatic rings. The monoisotopic (exact) mass is 439 g/mol. The lowest BCUT2D eigenvalue weighted by Gasteiger charge is -2.44. The fourth-order valence-electron chi connectivity index (χ4n) is 4.78. The predicted molar refractivity (Wildman–Crippen MR) is 119 cm³/mol. The molecule has 5 nitrogen and oxygen atoms in total. The number of furan rings is 1. The van der Waals surface area contributed by atoms with E-state index >= 15 is 0 Å². The maximum absolute atomic E-state index is 13.1. The van der Waals surface area contributed by atoms with Crippen molar-refractivity contribution >= 4 is 34.2 Å². The van der Waals surface area contributed by atoms with E-state index < -0.39 is 0 Å². The van der Waals surface area contributed by atoms with Crippen LogP contribution in [0.15, 0.2) is 53.2 Å². The van der Waals surface area contributed by atoms with E-state index in [1.165, 1.54) is 18.6 Å². The van der Waals surface area contributed by atoms with E-state index in [9.17, 15) is 9.18 Å². The van der Waals surface area contributed by atoms with Crippen molar-refractivity contribution in [1.82, 2.24) is 10.6 Å². The summed E-state index contributed by atoms with van der Waals surface area (Å²) in [6.45, 7) is 4.36. The van der Waals surface area contributed by atoms with Gasteiger partial charge in [0.25, 0.3) is 5.91 Å². The minimum absolute atomic E-state index is 0.219. The van der Waals surface area contributed by atoms with Gasteiger partial charge in [0.15, 0.2) is 5.76 Å². The van der Waals surface area contributed by atoms with Crippen LogP contribution in [-0.2, 0) is 12.1 Å². The second kappa shape index (κ2) is 7.61. The number of hydrogen-bond donors (Lipinski definition) is 3. The smallest absolute Gasteiger partial charge is 0.287 e. The topological polar surface area (TPSA) is 66.3 Å². The molecule has 1 amide bonds. The highest BCUT2D eigenvalue weighted by atomic mass is 35.5. The highest BCUT2D eigenvalue weighted by Gasteiger charge is 2.42. The summed E-state index contributed by atoms with van der Waals surface area (Å²) in [6.07, 6.45) is 5.28. The molecule has 160 valence electrons. The molecular formula is C24H23ClFN3O2. The van der Waals surface area contributed by atoms with Gasteiger partial charge in [0.2, 0.25) is 0 Å². The molecule has 2 heterocycles. The van der Waals surface area contributed by atoms with Crippen molar-refractivity contribution in [3.8, 4) is 0 Å². The van der Waals surface area contributed by atoms with E-state index in [1.54, 1.807) is 18.2 Å². The van der Waals surface area contributed by atoms with E-state index in [0.29, 0.717) is 10.6 Å². The van der Waals surface area contributed by atoms with Crippen LogP contribution < -0.4 is 16.0 Å². The van der Waals surface area contributed by atoms with Crippen molar-refractivity contribution in [3.63, 3.8) is 0 Å². The zero-order valence-corrected chi connectivity index (χ0v) is 17.7. The molecule has 7 heteroatoms. The maximum Gasteiger partial charge on any atom is 0.287 e. The van der Waals surface area contributed by atoms with Crippen molar-refractivity contribution in [2.24, 2.45) is 0 Å². The summed E-state index contributed by atoms with van der Waals surface area (Å²) >= 11 is 6.63. The van der Waals surface area contributed by atoms with Crippen molar-refractivity contribution in [2.45, 2.75) is 44.2 Å². The lowest BCUT2D eigenvalue weighted by Crippen LogP contribution is -2.48. The predicted octanol–water partition coefficient (Wildman–Crippen LogP) is 5.80. The summed E-state index contributed by atoms with van der Waals surface area (Å²) in [5.41, 5.74) is 2.94. The molecule has 1 aliphatic carbocycles. The number of rotatable bonds is 3. The Morgan fingerprint density at radius 2 is 1.94 bits per heavy atom. The van der Waals surface area contributed by atoms with E-state index in [0.717, 1.165) is 53.7 Å². The quantitative estimate of drug-likeness (QED) is 0.482. The van der Waals surface area contributed by atoms with Crippen LogP contribution in [0.5, 0.6) is 0 Å². The van der Waals surface area contributed by atoms with Crippen molar-refractivity contribution in [1.29, 1.82) is 0 Å². The molecular weight excluding hydrogens is 417 g/mol. The SMILES string of the molecule is C=C1Nc2c(Cl)cc3cc(C(=O)NCc4ccc(F)cc4)oc3c2C2(CCCCC2)N1. The molecule has 5 rings (SSSR count). The third-order valence-electron chi connectivity index (χ3n) is 6.20. The molecule has 31 heavy (non-hydrogen) atoms. The first-order valence-electron chi connectivity index (χ1n) is 10.5. The minimum Gasteiger partial charge on any atom is -0.450 e. The van der Waals surface area contributed by atoms with Crippen LogP contribution in [0.3, 0.4) is 0 Å². The first-order valence-corrected chi connectivity index (χ1v) is 10.9. The number of hydrogen-bond acceptors (Lipinski definition) is 4. The fraction of sp³-hybridized carbons (Fsp3) is 0.292. The second-order valence-corrected chi connectivity index (χ2v) is 8.73. The normalized spacial score (nSPS) is 17.2. The molecule has 1 fully saturated rings. The molecule has 0 unspecified atom stereocenters. The van der Waals surface area contributed by atoms with Gasteiger partial charge in [-0.2, -0.15) is 0 Å². The Balaban J connectivity index is 1.51. The Hall–Kier alpha value is -2.99. The Bertz CT molecular complexity index is 1180. The Kier molecular flexibility index (Phi) is 4.89. The zero-order valence-electron chi connectivity index (χ0n) is 17.0. The largest absolute Gasteiger partial charge is 0.450 e. The van der Waals surface area contributed by atoms with Crippen LogP contribution in [0.4, 0.5) is 10.1 Å². The average Bonchev–Trinajstić information content (AvgIpc) is 3.17. The number of anilines is 1. The van der Waals surface area contributed by atoms with Gasteiger partial charge in [-0.25, -0.2) is 4.39 Å². The van der Waals surface area contributed by atoms with Crippen LogP contribution in [0.2, 0.25) is 5.02 Å². The highest BCUT2D eigenvalue weighted by molar-refractivity contribution is 6.34. The molecule has 2 aromatic carbocycles. The third-order valence-corrected chi connectivity index (χ3v) is 6.50. The zero-order chi connectivity index (χ0) is 21.6. The number of amides is 1. The van der Waals surface area contributed by atoms with Crippen molar-refractivity contribution in [2.75, 3.05) is 5.32 Å². The number of carbonyl (C=O) groups is 1. The van der Waals surface area contributed by atoms with Crippen LogP contribution in [0.1, 0.15) is 53.8 Å². The number of fused-ring (bicyclic) bond motifs is 4. The number of nitrogens with one attached hydrogen (secondary N) is 3. The van der Waals surface area contributed by atoms with Gasteiger partial charge in [0.05, 0.1) is 22.1 Å². The van der Waals surface area contributed by atoms with Gasteiger partial charge >= 0.3 is 0 Å². The van der Waals surface area contributed by atoms with Gasteiger partial charge in [-0.15, -0.1) is 0 Å². The summed E-state index contributed by atoms with van der Waals surface area (Å²) in [7, 11) is 0. The minimum atomic E-state index is -0.329. The molecule has 0 bridgehead atoms. The van der Waals surface area contributed by atoms with E-state index in [2.05, 4.69) is 22.5 Å². The molecule has 0 radical (unpaired) electrons. The molecule has 3 aromatic rings. The average molecular weight is 440 g/mol. The standard InChI is InChI=1S/C24H23ClFN3O2/c1-14-28-21-18(25)11-16-12-19(23(30)27-13-15-5-7-17(26)8-6-15)31-22(16)20(21)24(29-14)9-3-2-4-10-24/h5-8,11-12,28-29H,1-4,9-10,13H2,(H,27,30). The molecule has 1 aromatic heterocycles. The van der Waals surface area contributed by atoms with E-state index in [-0.39, 0.29) is 29.6 Å². The number of benzene rings is 2. The van der Waals surface area contributed by atoms with Gasteiger partial charge in [0.1, 0.15) is 11.4 Å². The molecule has 0 saturated heterocycles. The van der Waals surface area contributed by atoms with Crippen LogP contribution in [0.25, 0.3) is 11.0 Å². The summed E-state index contributed by atoms with van der Waals surface area (Å²) in [5, 5.41) is 11.0.